The van der Waals surface area contributed by atoms with E-state index in [0.717, 1.165) is 0 Å². The maximum atomic E-state index is 12.4. The molecule has 0 fully saturated rings. The molecule has 2 aromatic rings. The standard InChI is InChI=1S/C15H18F2N4O2S/c1-9(2)21-8-18-20-15(21)24-10(3)13(22)19-11-6-4-5-7-12(11)23-14(16)17/h4-10,14H,1-3H3,(H,19,22)/t10-/m1/s1. The molecule has 1 N–H and O–H groups in total. The van der Waals surface area contributed by atoms with Gasteiger partial charge in [0.05, 0.1) is 10.9 Å². The number of thioether (sulfide) groups is 1. The minimum absolute atomic E-state index is 0.0802. The van der Waals surface area contributed by atoms with Gasteiger partial charge in [-0.15, -0.1) is 10.2 Å². The van der Waals surface area contributed by atoms with E-state index in [1.165, 1.54) is 23.9 Å². The van der Waals surface area contributed by atoms with E-state index < -0.39 is 11.9 Å². The van der Waals surface area contributed by atoms with Gasteiger partial charge in [0.2, 0.25) is 5.91 Å². The van der Waals surface area contributed by atoms with E-state index in [1.807, 2.05) is 18.4 Å². The number of nitrogens with one attached hydrogen (secondary N) is 1. The Morgan fingerprint density at radius 2 is 2.00 bits per heavy atom. The molecular formula is C15H18F2N4O2S. The van der Waals surface area contributed by atoms with Gasteiger partial charge in [0.1, 0.15) is 12.1 Å². The lowest BCUT2D eigenvalue weighted by molar-refractivity contribution is -0.115. The first-order valence-electron chi connectivity index (χ1n) is 7.29. The summed E-state index contributed by atoms with van der Waals surface area (Å²) in [6.45, 7) is 2.71. The number of benzene rings is 1. The SMILES string of the molecule is CC(C)n1cnnc1S[C@H](C)C(=O)Nc1ccccc1OC(F)F. The number of carbonyl (C=O) groups excluding carboxylic acids is 1. The smallest absolute Gasteiger partial charge is 0.387 e. The maximum Gasteiger partial charge on any atom is 0.387 e. The lowest BCUT2D eigenvalue weighted by Gasteiger charge is -2.15. The zero-order valence-corrected chi connectivity index (χ0v) is 14.3. The number of aromatic nitrogens is 3. The van der Waals surface area contributed by atoms with Crippen LogP contribution in [0.15, 0.2) is 35.7 Å². The summed E-state index contributed by atoms with van der Waals surface area (Å²) in [7, 11) is 0. The third-order valence-electron chi connectivity index (χ3n) is 3.11. The Hall–Kier alpha value is -2.16. The molecule has 0 saturated carbocycles. The van der Waals surface area contributed by atoms with Crippen LogP contribution < -0.4 is 10.1 Å². The van der Waals surface area contributed by atoms with E-state index in [-0.39, 0.29) is 23.4 Å². The van der Waals surface area contributed by atoms with Crippen LogP contribution in [0.25, 0.3) is 0 Å². The van der Waals surface area contributed by atoms with E-state index in [2.05, 4.69) is 20.3 Å². The van der Waals surface area contributed by atoms with E-state index in [0.29, 0.717) is 5.16 Å². The van der Waals surface area contributed by atoms with Crippen molar-refractivity contribution in [2.24, 2.45) is 0 Å². The van der Waals surface area contributed by atoms with Crippen LogP contribution >= 0.6 is 11.8 Å². The third kappa shape index (κ3) is 4.67. The molecule has 0 bridgehead atoms. The van der Waals surface area contributed by atoms with E-state index in [4.69, 9.17) is 0 Å². The second kappa shape index (κ2) is 8.09. The summed E-state index contributed by atoms with van der Waals surface area (Å²) in [6, 6.07) is 6.22. The van der Waals surface area contributed by atoms with Gasteiger partial charge in [-0.1, -0.05) is 23.9 Å². The molecule has 1 amide bonds. The molecule has 24 heavy (non-hydrogen) atoms. The molecule has 1 aromatic carbocycles. The minimum atomic E-state index is -2.96. The van der Waals surface area contributed by atoms with Crippen LogP contribution in [0.2, 0.25) is 0 Å². The number of anilines is 1. The van der Waals surface area contributed by atoms with Crippen molar-refractivity contribution < 1.29 is 18.3 Å². The predicted octanol–water partition coefficient (Wildman–Crippen LogP) is 3.58. The quantitative estimate of drug-likeness (QED) is 0.768. The van der Waals surface area contributed by atoms with Gasteiger partial charge in [0, 0.05) is 6.04 Å². The first kappa shape index (κ1) is 18.2. The number of hydrogen-bond donors (Lipinski definition) is 1. The molecule has 0 spiro atoms. The van der Waals surface area contributed by atoms with Crippen molar-refractivity contribution in [3.8, 4) is 5.75 Å². The van der Waals surface area contributed by atoms with Crippen molar-refractivity contribution in [3.63, 3.8) is 0 Å². The number of ether oxygens (including phenoxy) is 1. The predicted molar refractivity (Wildman–Crippen MR) is 87.4 cm³/mol. The zero-order valence-electron chi connectivity index (χ0n) is 13.4. The number of halogens is 2. The van der Waals surface area contributed by atoms with Gasteiger partial charge in [-0.2, -0.15) is 8.78 Å². The highest BCUT2D eigenvalue weighted by Crippen LogP contribution is 2.28. The van der Waals surface area contributed by atoms with Crippen LogP contribution in [0.3, 0.4) is 0 Å². The van der Waals surface area contributed by atoms with Crippen molar-refractivity contribution in [1.29, 1.82) is 0 Å². The fourth-order valence-electron chi connectivity index (χ4n) is 1.89. The molecule has 0 aliphatic carbocycles. The van der Waals surface area contributed by atoms with E-state index in [9.17, 15) is 13.6 Å². The van der Waals surface area contributed by atoms with Gasteiger partial charge >= 0.3 is 6.61 Å². The van der Waals surface area contributed by atoms with Crippen LogP contribution in [-0.4, -0.2) is 32.5 Å². The lowest BCUT2D eigenvalue weighted by atomic mass is 10.3. The highest BCUT2D eigenvalue weighted by atomic mass is 32.2. The lowest BCUT2D eigenvalue weighted by Crippen LogP contribution is -2.23. The Morgan fingerprint density at radius 3 is 2.67 bits per heavy atom. The van der Waals surface area contributed by atoms with Crippen molar-refractivity contribution >= 4 is 23.4 Å². The maximum absolute atomic E-state index is 12.4. The largest absolute Gasteiger partial charge is 0.433 e. The molecule has 9 heteroatoms. The van der Waals surface area contributed by atoms with Gasteiger partial charge in [0.15, 0.2) is 5.16 Å². The van der Waals surface area contributed by atoms with Crippen molar-refractivity contribution in [2.45, 2.75) is 43.8 Å². The number of nitrogens with zero attached hydrogens (tertiary/aromatic N) is 3. The Labute approximate surface area is 142 Å². The summed E-state index contributed by atoms with van der Waals surface area (Å²) < 4.78 is 31.1. The number of alkyl halides is 2. The van der Waals surface area contributed by atoms with E-state index >= 15 is 0 Å². The fourth-order valence-corrected chi connectivity index (χ4v) is 2.84. The Bertz CT molecular complexity index is 694. The summed E-state index contributed by atoms with van der Waals surface area (Å²) in [4.78, 5) is 12.3. The Morgan fingerprint density at radius 1 is 1.29 bits per heavy atom. The van der Waals surface area contributed by atoms with Crippen LogP contribution in [0.1, 0.15) is 26.8 Å². The van der Waals surface area contributed by atoms with Crippen molar-refractivity contribution in [2.75, 3.05) is 5.32 Å². The second-order valence-electron chi connectivity index (χ2n) is 5.24. The summed E-state index contributed by atoms with van der Waals surface area (Å²) in [5.74, 6) is -0.424. The molecule has 0 unspecified atom stereocenters. The highest BCUT2D eigenvalue weighted by molar-refractivity contribution is 8.00. The van der Waals surface area contributed by atoms with Crippen LogP contribution in [0.4, 0.5) is 14.5 Å². The monoisotopic (exact) mass is 356 g/mol. The minimum Gasteiger partial charge on any atom is -0.433 e. The summed E-state index contributed by atoms with van der Waals surface area (Å²) in [6.07, 6.45) is 1.60. The van der Waals surface area contributed by atoms with Crippen LogP contribution in [0, 0.1) is 0 Å². The first-order chi connectivity index (χ1) is 11.4. The Kier molecular flexibility index (Phi) is 6.13. The van der Waals surface area contributed by atoms with Crippen LogP contribution in [0.5, 0.6) is 5.75 Å². The molecule has 6 nitrogen and oxygen atoms in total. The molecule has 0 aliphatic heterocycles. The third-order valence-corrected chi connectivity index (χ3v) is 4.18. The second-order valence-corrected chi connectivity index (χ2v) is 6.55. The van der Waals surface area contributed by atoms with Crippen molar-refractivity contribution in [3.05, 3.63) is 30.6 Å². The summed E-state index contributed by atoms with van der Waals surface area (Å²) in [5.41, 5.74) is 0.195. The normalized spacial score (nSPS) is 12.5. The molecule has 0 saturated heterocycles. The summed E-state index contributed by atoms with van der Waals surface area (Å²) in [5, 5.41) is 10.6. The molecule has 1 atom stereocenters. The molecule has 130 valence electrons. The number of hydrogen-bond acceptors (Lipinski definition) is 5. The van der Waals surface area contributed by atoms with Gasteiger partial charge < -0.3 is 14.6 Å². The van der Waals surface area contributed by atoms with E-state index in [1.54, 1.807) is 25.4 Å². The average molecular weight is 356 g/mol. The van der Waals surface area contributed by atoms with Crippen molar-refractivity contribution in [1.82, 2.24) is 14.8 Å². The van der Waals surface area contributed by atoms with Gasteiger partial charge in [-0.05, 0) is 32.9 Å². The number of amides is 1. The fraction of sp³-hybridized carbons (Fsp3) is 0.400. The zero-order chi connectivity index (χ0) is 17.7. The molecule has 0 radical (unpaired) electrons. The van der Waals surface area contributed by atoms with Crippen LogP contribution in [-0.2, 0) is 4.79 Å². The molecular weight excluding hydrogens is 338 g/mol. The molecule has 1 heterocycles. The average Bonchev–Trinajstić information content (AvgIpc) is 2.97. The molecule has 1 aromatic heterocycles. The molecule has 2 rings (SSSR count). The number of carbonyl (C=O) groups is 1. The highest BCUT2D eigenvalue weighted by Gasteiger charge is 2.20. The molecule has 0 aliphatic rings. The number of para-hydroxylation sites is 2. The Balaban J connectivity index is 2.05. The summed E-state index contributed by atoms with van der Waals surface area (Å²) >= 11 is 1.24. The number of rotatable bonds is 7. The van der Waals surface area contributed by atoms with Gasteiger partial charge in [-0.25, -0.2) is 0 Å². The van der Waals surface area contributed by atoms with Gasteiger partial charge in [-0.3, -0.25) is 4.79 Å². The first-order valence-corrected chi connectivity index (χ1v) is 8.17. The van der Waals surface area contributed by atoms with Gasteiger partial charge in [0.25, 0.3) is 0 Å². The topological polar surface area (TPSA) is 69.0 Å².